The van der Waals surface area contributed by atoms with Crippen LogP contribution in [0.2, 0.25) is 0 Å². The average Bonchev–Trinajstić information content (AvgIpc) is 2.73. The van der Waals surface area contributed by atoms with Crippen molar-refractivity contribution in [2.24, 2.45) is 11.8 Å². The molecule has 2 N–H and O–H groups in total. The van der Waals surface area contributed by atoms with E-state index in [1.807, 2.05) is 41.3 Å². The Labute approximate surface area is 186 Å². The normalized spacial score (nSPS) is 14.4. The molecule has 0 aromatic heterocycles. The molecule has 0 bridgehead atoms. The first-order chi connectivity index (χ1) is 13.9. The number of likely N-dealkylation sites (tertiary alicyclic amines) is 1. The third-order valence-electron chi connectivity index (χ3n) is 5.76. The molecule has 5 heteroatoms. The van der Waals surface area contributed by atoms with E-state index in [-0.39, 0.29) is 30.0 Å². The minimum atomic E-state index is 0. The second-order valence-corrected chi connectivity index (χ2v) is 8.51. The minimum Gasteiger partial charge on any atom is -0.399 e. The molecule has 0 spiro atoms. The molecule has 1 amide bonds. The van der Waals surface area contributed by atoms with Gasteiger partial charge in [-0.25, -0.2) is 0 Å². The molecule has 1 heterocycles. The van der Waals surface area contributed by atoms with Crippen molar-refractivity contribution >= 4 is 29.8 Å². The lowest BCUT2D eigenvalue weighted by molar-refractivity contribution is -0.132. The van der Waals surface area contributed by atoms with Gasteiger partial charge in [0, 0.05) is 36.7 Å². The summed E-state index contributed by atoms with van der Waals surface area (Å²) in [4.78, 5) is 27.3. The molecule has 2 aromatic rings. The summed E-state index contributed by atoms with van der Waals surface area (Å²) >= 11 is 0. The maximum atomic E-state index is 12.8. The van der Waals surface area contributed by atoms with Gasteiger partial charge in [-0.3, -0.25) is 9.59 Å². The fourth-order valence-corrected chi connectivity index (χ4v) is 4.06. The van der Waals surface area contributed by atoms with Crippen LogP contribution in [0.3, 0.4) is 0 Å². The van der Waals surface area contributed by atoms with E-state index in [2.05, 4.69) is 26.0 Å². The molecule has 0 atom stereocenters. The van der Waals surface area contributed by atoms with Gasteiger partial charge in [-0.15, -0.1) is 12.4 Å². The highest BCUT2D eigenvalue weighted by atomic mass is 35.5. The van der Waals surface area contributed by atoms with Crippen molar-refractivity contribution in [3.8, 4) is 0 Å². The van der Waals surface area contributed by atoms with Gasteiger partial charge in [-0.1, -0.05) is 56.3 Å². The molecule has 30 heavy (non-hydrogen) atoms. The number of anilines is 1. The lowest BCUT2D eigenvalue weighted by Gasteiger charge is -2.31. The second kappa shape index (κ2) is 11.2. The topological polar surface area (TPSA) is 63.4 Å². The van der Waals surface area contributed by atoms with E-state index < -0.39 is 0 Å². The van der Waals surface area contributed by atoms with Crippen molar-refractivity contribution in [3.63, 3.8) is 0 Å². The third kappa shape index (κ3) is 6.33. The lowest BCUT2D eigenvalue weighted by atomic mass is 9.88. The van der Waals surface area contributed by atoms with Crippen LogP contribution < -0.4 is 5.73 Å². The summed E-state index contributed by atoms with van der Waals surface area (Å²) in [6.45, 7) is 5.71. The summed E-state index contributed by atoms with van der Waals surface area (Å²) in [6, 6.07) is 15.8. The Hall–Kier alpha value is -2.33. The molecule has 1 saturated heterocycles. The van der Waals surface area contributed by atoms with Crippen LogP contribution in [0.4, 0.5) is 5.69 Å². The standard InChI is InChI=1S/C25H32N2O2.ClH/c1-18(2)17-19-7-9-21(10-8-19)25(29)22-13-15-27(16-14-22)24(28)12-11-20-5-3-4-6-23(20)26;/h3-10,18,22H,11-17,26H2,1-2H3;1H. The van der Waals surface area contributed by atoms with Gasteiger partial charge < -0.3 is 10.6 Å². The molecule has 0 radical (unpaired) electrons. The van der Waals surface area contributed by atoms with Crippen LogP contribution in [0, 0.1) is 11.8 Å². The van der Waals surface area contributed by atoms with Crippen LogP contribution in [0.15, 0.2) is 48.5 Å². The number of Topliss-reactive ketones (excluding diaryl/α,β-unsaturated/α-hetero) is 1. The van der Waals surface area contributed by atoms with Crippen molar-refractivity contribution in [3.05, 3.63) is 65.2 Å². The smallest absolute Gasteiger partial charge is 0.222 e. The molecule has 1 aliphatic rings. The number of carbonyl (C=O) groups is 2. The predicted molar refractivity (Wildman–Crippen MR) is 125 cm³/mol. The van der Waals surface area contributed by atoms with E-state index in [1.165, 1.54) is 5.56 Å². The minimum absolute atomic E-state index is 0. The van der Waals surface area contributed by atoms with E-state index in [4.69, 9.17) is 5.73 Å². The quantitative estimate of drug-likeness (QED) is 0.501. The SMILES string of the molecule is CC(C)Cc1ccc(C(=O)C2CCN(C(=O)CCc3ccccc3N)CC2)cc1.Cl. The number of nitrogens with two attached hydrogens (primary N) is 1. The lowest BCUT2D eigenvalue weighted by Crippen LogP contribution is -2.40. The Balaban J connectivity index is 0.00000320. The Morgan fingerprint density at radius 1 is 1.03 bits per heavy atom. The zero-order chi connectivity index (χ0) is 20.8. The monoisotopic (exact) mass is 428 g/mol. The first-order valence-electron chi connectivity index (χ1n) is 10.7. The molecule has 0 saturated carbocycles. The highest BCUT2D eigenvalue weighted by molar-refractivity contribution is 5.98. The van der Waals surface area contributed by atoms with Crippen molar-refractivity contribution in [1.82, 2.24) is 4.90 Å². The number of aryl methyl sites for hydroxylation is 1. The molecule has 4 nitrogen and oxygen atoms in total. The third-order valence-corrected chi connectivity index (χ3v) is 5.76. The van der Waals surface area contributed by atoms with Gasteiger partial charge in [-0.05, 0) is 48.8 Å². The molecular formula is C25H33ClN2O2. The number of hydrogen-bond acceptors (Lipinski definition) is 3. The number of para-hydroxylation sites is 1. The van der Waals surface area contributed by atoms with E-state index in [0.717, 1.165) is 36.1 Å². The fourth-order valence-electron chi connectivity index (χ4n) is 4.06. The summed E-state index contributed by atoms with van der Waals surface area (Å²) in [5, 5.41) is 0. The second-order valence-electron chi connectivity index (χ2n) is 8.51. The largest absolute Gasteiger partial charge is 0.399 e. The Bertz CT molecular complexity index is 840. The fraction of sp³-hybridized carbons (Fsp3) is 0.440. The van der Waals surface area contributed by atoms with Crippen molar-refractivity contribution in [2.75, 3.05) is 18.8 Å². The van der Waals surface area contributed by atoms with Crippen molar-refractivity contribution in [2.45, 2.75) is 46.0 Å². The molecule has 0 aliphatic carbocycles. The molecule has 162 valence electrons. The molecule has 1 aliphatic heterocycles. The first-order valence-corrected chi connectivity index (χ1v) is 10.7. The van der Waals surface area contributed by atoms with Crippen LogP contribution in [0.25, 0.3) is 0 Å². The Morgan fingerprint density at radius 3 is 2.27 bits per heavy atom. The van der Waals surface area contributed by atoms with Gasteiger partial charge in [0.1, 0.15) is 0 Å². The molecule has 0 unspecified atom stereocenters. The number of nitrogens with zero attached hydrogens (tertiary/aromatic N) is 1. The van der Waals surface area contributed by atoms with Crippen molar-refractivity contribution in [1.29, 1.82) is 0 Å². The Morgan fingerprint density at radius 2 is 1.67 bits per heavy atom. The van der Waals surface area contributed by atoms with Crippen LogP contribution in [0.1, 0.15) is 54.6 Å². The highest BCUT2D eigenvalue weighted by Crippen LogP contribution is 2.23. The molecular weight excluding hydrogens is 396 g/mol. The number of carbonyl (C=O) groups excluding carboxylic acids is 2. The van der Waals surface area contributed by atoms with Gasteiger partial charge in [0.25, 0.3) is 0 Å². The van der Waals surface area contributed by atoms with E-state index in [1.54, 1.807) is 0 Å². The number of ketones is 1. The maximum Gasteiger partial charge on any atom is 0.222 e. The summed E-state index contributed by atoms with van der Waals surface area (Å²) < 4.78 is 0. The number of piperidine rings is 1. The van der Waals surface area contributed by atoms with Gasteiger partial charge >= 0.3 is 0 Å². The molecule has 3 rings (SSSR count). The molecule has 2 aromatic carbocycles. The van der Waals surface area contributed by atoms with E-state index in [0.29, 0.717) is 31.8 Å². The number of amides is 1. The van der Waals surface area contributed by atoms with E-state index >= 15 is 0 Å². The summed E-state index contributed by atoms with van der Waals surface area (Å²) in [5.74, 6) is 0.985. The Kier molecular flexibility index (Phi) is 8.91. The van der Waals surface area contributed by atoms with E-state index in [9.17, 15) is 9.59 Å². The first kappa shape index (κ1) is 23.9. The number of nitrogen functional groups attached to an aromatic ring is 1. The number of hydrogen-bond donors (Lipinski definition) is 1. The van der Waals surface area contributed by atoms with Crippen LogP contribution in [-0.4, -0.2) is 29.7 Å². The zero-order valence-corrected chi connectivity index (χ0v) is 18.8. The highest BCUT2D eigenvalue weighted by Gasteiger charge is 2.27. The van der Waals surface area contributed by atoms with Gasteiger partial charge in [0.15, 0.2) is 5.78 Å². The van der Waals surface area contributed by atoms with Gasteiger partial charge in [0.05, 0.1) is 0 Å². The zero-order valence-electron chi connectivity index (χ0n) is 18.0. The van der Waals surface area contributed by atoms with Crippen molar-refractivity contribution < 1.29 is 9.59 Å². The van der Waals surface area contributed by atoms with Gasteiger partial charge in [0.2, 0.25) is 5.91 Å². The average molecular weight is 429 g/mol. The maximum absolute atomic E-state index is 12.8. The summed E-state index contributed by atoms with van der Waals surface area (Å²) in [6.07, 6.45) is 3.64. The summed E-state index contributed by atoms with van der Waals surface area (Å²) in [7, 11) is 0. The number of halogens is 1. The van der Waals surface area contributed by atoms with Gasteiger partial charge in [-0.2, -0.15) is 0 Å². The van der Waals surface area contributed by atoms with Crippen LogP contribution >= 0.6 is 12.4 Å². The number of benzene rings is 2. The number of rotatable bonds is 7. The molecule has 1 fully saturated rings. The summed E-state index contributed by atoms with van der Waals surface area (Å²) in [5.41, 5.74) is 9.79. The predicted octanol–water partition coefficient (Wildman–Crippen LogP) is 4.94. The van der Waals surface area contributed by atoms with Crippen LogP contribution in [0.5, 0.6) is 0 Å². The van der Waals surface area contributed by atoms with Crippen LogP contribution in [-0.2, 0) is 17.6 Å².